The van der Waals surface area contributed by atoms with E-state index in [9.17, 15) is 9.59 Å². The first-order chi connectivity index (χ1) is 12.5. The molecular weight excluding hydrogens is 328 g/mol. The van der Waals surface area contributed by atoms with E-state index in [1.807, 2.05) is 68.4 Å². The van der Waals surface area contributed by atoms with Gasteiger partial charge in [0, 0.05) is 12.2 Å². The molecule has 0 N–H and O–H groups in total. The summed E-state index contributed by atoms with van der Waals surface area (Å²) in [7, 11) is 0. The Hall–Kier alpha value is -3.13. The Labute approximate surface area is 153 Å². The van der Waals surface area contributed by atoms with Crippen molar-refractivity contribution in [2.24, 2.45) is 0 Å². The molecule has 0 fully saturated rings. The molecule has 2 aromatic carbocycles. The molecule has 0 aliphatic heterocycles. The number of carbonyl (C=O) groups excluding carboxylic acids is 2. The minimum Gasteiger partial charge on any atom is -0.455 e. The number of anilines is 1. The fourth-order valence-corrected chi connectivity index (χ4v) is 2.70. The maximum atomic E-state index is 12.6. The summed E-state index contributed by atoms with van der Waals surface area (Å²) in [6.07, 6.45) is 0.326. The van der Waals surface area contributed by atoms with Crippen molar-refractivity contribution in [2.75, 3.05) is 18.1 Å². The van der Waals surface area contributed by atoms with Crippen LogP contribution in [0.25, 0.3) is 0 Å². The van der Waals surface area contributed by atoms with Crippen LogP contribution in [0.4, 0.5) is 5.69 Å². The summed E-state index contributed by atoms with van der Waals surface area (Å²) in [6, 6.07) is 17.0. The molecule has 5 nitrogen and oxygen atoms in total. The van der Waals surface area contributed by atoms with Crippen LogP contribution in [0.5, 0.6) is 0 Å². The number of benzene rings is 2. The van der Waals surface area contributed by atoms with E-state index in [0.717, 1.165) is 16.7 Å². The van der Waals surface area contributed by atoms with E-state index >= 15 is 0 Å². The smallest absolute Gasteiger partial charge is 0.310 e. The number of carbonyl (C=O) groups is 2. The number of nitrogens with zero attached hydrogens (tertiary/aromatic N) is 2. The van der Waals surface area contributed by atoms with Gasteiger partial charge in [0.2, 0.25) is 0 Å². The molecule has 5 heteroatoms. The summed E-state index contributed by atoms with van der Waals surface area (Å²) < 4.78 is 5.14. The molecule has 0 aliphatic rings. The van der Waals surface area contributed by atoms with Gasteiger partial charge in [0.1, 0.15) is 0 Å². The van der Waals surface area contributed by atoms with E-state index in [2.05, 4.69) is 0 Å². The van der Waals surface area contributed by atoms with Crippen molar-refractivity contribution in [1.29, 1.82) is 5.26 Å². The first kappa shape index (κ1) is 19.2. The Morgan fingerprint density at radius 3 is 2.35 bits per heavy atom. The zero-order valence-electron chi connectivity index (χ0n) is 15.1. The van der Waals surface area contributed by atoms with Crippen LogP contribution < -0.4 is 4.90 Å². The fraction of sp³-hybridized carbons (Fsp3) is 0.286. The van der Waals surface area contributed by atoms with Gasteiger partial charge in [-0.2, -0.15) is 5.26 Å². The van der Waals surface area contributed by atoms with Crippen LogP contribution in [0.3, 0.4) is 0 Å². The predicted molar refractivity (Wildman–Crippen MR) is 99.6 cm³/mol. The maximum Gasteiger partial charge on any atom is 0.310 e. The third-order valence-corrected chi connectivity index (χ3v) is 3.81. The molecule has 0 bridgehead atoms. The van der Waals surface area contributed by atoms with Gasteiger partial charge in [0.25, 0.3) is 5.91 Å². The second-order valence-electron chi connectivity index (χ2n) is 6.12. The Morgan fingerprint density at radius 2 is 1.73 bits per heavy atom. The minimum atomic E-state index is -0.454. The van der Waals surface area contributed by atoms with Crippen LogP contribution in [0.1, 0.15) is 23.1 Å². The molecule has 0 unspecified atom stereocenters. The highest BCUT2D eigenvalue weighted by Crippen LogP contribution is 2.19. The van der Waals surface area contributed by atoms with Crippen molar-refractivity contribution < 1.29 is 14.3 Å². The van der Waals surface area contributed by atoms with Crippen molar-refractivity contribution in [1.82, 2.24) is 0 Å². The lowest BCUT2D eigenvalue weighted by molar-refractivity contribution is -0.147. The molecule has 0 heterocycles. The number of aryl methyl sites for hydroxylation is 2. The monoisotopic (exact) mass is 350 g/mol. The number of hydrogen-bond donors (Lipinski definition) is 0. The van der Waals surface area contributed by atoms with E-state index in [4.69, 9.17) is 10.00 Å². The van der Waals surface area contributed by atoms with Crippen molar-refractivity contribution in [3.63, 3.8) is 0 Å². The van der Waals surface area contributed by atoms with E-state index in [1.165, 1.54) is 4.90 Å². The van der Waals surface area contributed by atoms with Crippen molar-refractivity contribution in [3.05, 3.63) is 65.2 Å². The summed E-state index contributed by atoms with van der Waals surface area (Å²) >= 11 is 0. The Morgan fingerprint density at radius 1 is 1.08 bits per heavy atom. The van der Waals surface area contributed by atoms with E-state index in [0.29, 0.717) is 5.69 Å². The average molecular weight is 350 g/mol. The molecular formula is C21H22N2O3. The topological polar surface area (TPSA) is 70.4 Å². The predicted octanol–water partition coefficient (Wildman–Crippen LogP) is 3.34. The van der Waals surface area contributed by atoms with Crippen LogP contribution >= 0.6 is 0 Å². The summed E-state index contributed by atoms with van der Waals surface area (Å²) in [6.45, 7) is 3.81. The molecule has 0 saturated carbocycles. The molecule has 2 rings (SSSR count). The van der Waals surface area contributed by atoms with Gasteiger partial charge < -0.3 is 9.64 Å². The standard InChI is InChI=1S/C21H22N2O3/c1-16-11-17(2)13-19(12-16)23(10-6-9-22)20(24)15-26-21(25)14-18-7-4-3-5-8-18/h3-5,7-8,11-13H,6,10,14-15H2,1-2H3. The normalized spacial score (nSPS) is 10.0. The lowest BCUT2D eigenvalue weighted by atomic mass is 10.1. The molecule has 0 aromatic heterocycles. The second-order valence-corrected chi connectivity index (χ2v) is 6.12. The lowest BCUT2D eigenvalue weighted by Gasteiger charge is -2.22. The minimum absolute atomic E-state index is 0.121. The molecule has 0 spiro atoms. The third-order valence-electron chi connectivity index (χ3n) is 3.81. The van der Waals surface area contributed by atoms with Gasteiger partial charge in [-0.1, -0.05) is 36.4 Å². The number of esters is 1. The van der Waals surface area contributed by atoms with Gasteiger partial charge in [-0.25, -0.2) is 0 Å². The van der Waals surface area contributed by atoms with Crippen LogP contribution in [0, 0.1) is 25.2 Å². The zero-order chi connectivity index (χ0) is 18.9. The molecule has 26 heavy (non-hydrogen) atoms. The van der Waals surface area contributed by atoms with Gasteiger partial charge in [-0.3, -0.25) is 9.59 Å². The highest BCUT2D eigenvalue weighted by Gasteiger charge is 2.18. The van der Waals surface area contributed by atoms with Crippen LogP contribution in [0.15, 0.2) is 48.5 Å². The largest absolute Gasteiger partial charge is 0.455 e. The first-order valence-electron chi connectivity index (χ1n) is 8.45. The van der Waals surface area contributed by atoms with E-state index in [1.54, 1.807) is 0 Å². The number of amides is 1. The Bertz CT molecular complexity index is 790. The Kier molecular flexibility index (Phi) is 6.92. The average Bonchev–Trinajstić information content (AvgIpc) is 2.60. The molecule has 0 radical (unpaired) electrons. The highest BCUT2D eigenvalue weighted by molar-refractivity contribution is 5.95. The number of hydrogen-bond acceptors (Lipinski definition) is 4. The number of ether oxygens (including phenoxy) is 1. The third kappa shape index (κ3) is 5.75. The Balaban J connectivity index is 2.02. The van der Waals surface area contributed by atoms with Gasteiger partial charge in [-0.05, 0) is 42.7 Å². The van der Waals surface area contributed by atoms with Crippen molar-refractivity contribution in [3.8, 4) is 6.07 Å². The van der Waals surface area contributed by atoms with Gasteiger partial charge in [0.15, 0.2) is 6.61 Å². The first-order valence-corrected chi connectivity index (χ1v) is 8.45. The summed E-state index contributed by atoms with van der Waals surface area (Å²) in [4.78, 5) is 26.0. The molecule has 1 amide bonds. The second kappa shape index (κ2) is 9.38. The molecule has 2 aromatic rings. The van der Waals surface area contributed by atoms with Crippen LogP contribution in [-0.4, -0.2) is 25.0 Å². The summed E-state index contributed by atoms with van der Waals surface area (Å²) in [5, 5.41) is 8.86. The molecule has 0 atom stereocenters. The van der Waals surface area contributed by atoms with Gasteiger partial charge in [-0.15, -0.1) is 0 Å². The number of rotatable bonds is 7. The van der Waals surface area contributed by atoms with Crippen molar-refractivity contribution >= 4 is 17.6 Å². The molecule has 0 saturated heterocycles. The molecule has 0 aliphatic carbocycles. The van der Waals surface area contributed by atoms with Crippen LogP contribution in [-0.2, 0) is 20.7 Å². The summed E-state index contributed by atoms with van der Waals surface area (Å²) in [5.74, 6) is -0.795. The van der Waals surface area contributed by atoms with E-state index < -0.39 is 5.97 Å². The highest BCUT2D eigenvalue weighted by atomic mass is 16.5. The van der Waals surface area contributed by atoms with E-state index in [-0.39, 0.29) is 31.9 Å². The fourth-order valence-electron chi connectivity index (χ4n) is 2.70. The van der Waals surface area contributed by atoms with Gasteiger partial charge in [0.05, 0.1) is 18.9 Å². The molecule has 134 valence electrons. The van der Waals surface area contributed by atoms with Crippen molar-refractivity contribution in [2.45, 2.75) is 26.7 Å². The zero-order valence-corrected chi connectivity index (χ0v) is 15.1. The SMILES string of the molecule is Cc1cc(C)cc(N(CCC#N)C(=O)COC(=O)Cc2ccccc2)c1. The lowest BCUT2D eigenvalue weighted by Crippen LogP contribution is -2.35. The number of nitriles is 1. The summed E-state index contributed by atoms with van der Waals surface area (Å²) in [5.41, 5.74) is 3.59. The van der Waals surface area contributed by atoms with Gasteiger partial charge >= 0.3 is 5.97 Å². The quantitative estimate of drug-likeness (QED) is 0.718. The maximum absolute atomic E-state index is 12.6. The van der Waals surface area contributed by atoms with Crippen LogP contribution in [0.2, 0.25) is 0 Å².